The molecule has 0 fully saturated rings. The number of fused-ring (bicyclic) bond motifs is 1. The van der Waals surface area contributed by atoms with Crippen LogP contribution in [0.15, 0.2) is 85.5 Å². The molecule has 3 aromatic heterocycles. The van der Waals surface area contributed by atoms with E-state index in [0.29, 0.717) is 22.7 Å². The Hall–Kier alpha value is -4.32. The van der Waals surface area contributed by atoms with Gasteiger partial charge in [0.1, 0.15) is 11.3 Å². The van der Waals surface area contributed by atoms with E-state index in [1.165, 1.54) is 12.1 Å². The number of aryl methyl sites for hydroxylation is 1. The van der Waals surface area contributed by atoms with Crippen molar-refractivity contribution in [3.8, 4) is 11.5 Å². The molecular formula is C28H26FN5. The van der Waals surface area contributed by atoms with Gasteiger partial charge in [-0.3, -0.25) is 5.10 Å². The number of benzene rings is 1. The molecule has 170 valence electrons. The van der Waals surface area contributed by atoms with Crippen LogP contribution < -0.4 is 0 Å². The van der Waals surface area contributed by atoms with Gasteiger partial charge in [0.05, 0.1) is 16.9 Å². The minimum atomic E-state index is -0.309. The van der Waals surface area contributed by atoms with E-state index in [0.717, 1.165) is 39.2 Å². The van der Waals surface area contributed by atoms with Crippen LogP contribution in [0, 0.1) is 12.7 Å². The zero-order valence-corrected chi connectivity index (χ0v) is 19.5. The van der Waals surface area contributed by atoms with E-state index < -0.39 is 0 Å². The predicted molar refractivity (Wildman–Crippen MR) is 137 cm³/mol. The number of allylic oxidation sites excluding steroid dienone is 7. The lowest BCUT2D eigenvalue weighted by atomic mass is 10.0. The number of hydrogen-bond donors (Lipinski definition) is 2. The van der Waals surface area contributed by atoms with Gasteiger partial charge in [-0.2, -0.15) is 5.10 Å². The van der Waals surface area contributed by atoms with E-state index in [4.69, 9.17) is 9.97 Å². The van der Waals surface area contributed by atoms with Crippen molar-refractivity contribution in [2.45, 2.75) is 20.8 Å². The SMILES string of the molecule is C=C/C=C(C)\C(=C/C)c1ccc2[nH]nc(-c3nc(/C(=C\C=C)c4cccc(F)c4)c(C)[nH]3)c2n1. The van der Waals surface area contributed by atoms with Crippen LogP contribution in [0.3, 0.4) is 0 Å². The summed E-state index contributed by atoms with van der Waals surface area (Å²) in [6.07, 6.45) is 9.25. The van der Waals surface area contributed by atoms with Gasteiger partial charge in [-0.15, -0.1) is 0 Å². The van der Waals surface area contributed by atoms with Crippen molar-refractivity contribution in [2.24, 2.45) is 0 Å². The number of hydrogen-bond acceptors (Lipinski definition) is 3. The fourth-order valence-electron chi connectivity index (χ4n) is 3.98. The molecule has 0 aliphatic rings. The summed E-state index contributed by atoms with van der Waals surface area (Å²) in [5.41, 5.74) is 8.08. The monoisotopic (exact) mass is 451 g/mol. The molecule has 5 nitrogen and oxygen atoms in total. The average Bonchev–Trinajstić information content (AvgIpc) is 3.41. The highest BCUT2D eigenvalue weighted by atomic mass is 19.1. The third kappa shape index (κ3) is 4.30. The van der Waals surface area contributed by atoms with Gasteiger partial charge in [-0.25, -0.2) is 14.4 Å². The van der Waals surface area contributed by atoms with E-state index in [-0.39, 0.29) is 5.82 Å². The third-order valence-corrected chi connectivity index (χ3v) is 5.55. The number of H-pyrrole nitrogens is 2. The first-order chi connectivity index (χ1) is 16.5. The van der Waals surface area contributed by atoms with Crippen LogP contribution in [0.2, 0.25) is 0 Å². The molecule has 0 spiro atoms. The largest absolute Gasteiger partial charge is 0.340 e. The van der Waals surface area contributed by atoms with Gasteiger partial charge in [0.2, 0.25) is 0 Å². The lowest BCUT2D eigenvalue weighted by Crippen LogP contribution is -1.93. The second-order valence-electron chi connectivity index (χ2n) is 7.84. The second-order valence-corrected chi connectivity index (χ2v) is 7.84. The van der Waals surface area contributed by atoms with E-state index in [2.05, 4.69) is 28.3 Å². The summed E-state index contributed by atoms with van der Waals surface area (Å²) in [5, 5.41) is 7.53. The molecule has 0 unspecified atom stereocenters. The molecule has 3 heterocycles. The summed E-state index contributed by atoms with van der Waals surface area (Å²) in [5.74, 6) is 0.270. The number of imidazole rings is 1. The van der Waals surface area contributed by atoms with Gasteiger partial charge in [0, 0.05) is 11.3 Å². The molecule has 6 heteroatoms. The number of rotatable bonds is 7. The first-order valence-corrected chi connectivity index (χ1v) is 10.9. The molecule has 0 aliphatic carbocycles. The van der Waals surface area contributed by atoms with Gasteiger partial charge < -0.3 is 4.98 Å². The third-order valence-electron chi connectivity index (χ3n) is 5.55. The number of aromatic amines is 2. The molecule has 0 amide bonds. The number of nitrogens with zero attached hydrogens (tertiary/aromatic N) is 3. The molecule has 34 heavy (non-hydrogen) atoms. The summed E-state index contributed by atoms with van der Waals surface area (Å²) < 4.78 is 13.9. The Morgan fingerprint density at radius 3 is 2.56 bits per heavy atom. The van der Waals surface area contributed by atoms with Gasteiger partial charge in [0.15, 0.2) is 11.5 Å². The van der Waals surface area contributed by atoms with Gasteiger partial charge in [-0.05, 0) is 61.7 Å². The first kappa shape index (κ1) is 22.9. The maximum absolute atomic E-state index is 13.9. The Morgan fingerprint density at radius 1 is 1.06 bits per heavy atom. The highest BCUT2D eigenvalue weighted by Crippen LogP contribution is 2.31. The maximum Gasteiger partial charge on any atom is 0.161 e. The Kier molecular flexibility index (Phi) is 6.50. The lowest BCUT2D eigenvalue weighted by molar-refractivity contribution is 0.627. The molecule has 4 rings (SSSR count). The van der Waals surface area contributed by atoms with Crippen molar-refractivity contribution in [1.82, 2.24) is 25.1 Å². The molecular weight excluding hydrogens is 425 g/mol. The normalized spacial score (nSPS) is 12.9. The number of nitrogens with one attached hydrogen (secondary N) is 2. The molecule has 4 aromatic rings. The molecule has 0 saturated heterocycles. The van der Waals surface area contributed by atoms with Crippen LogP contribution in [-0.4, -0.2) is 25.1 Å². The topological polar surface area (TPSA) is 70.2 Å². The van der Waals surface area contributed by atoms with Crippen LogP contribution in [0.25, 0.3) is 33.7 Å². The Labute approximate surface area is 198 Å². The molecule has 0 aliphatic heterocycles. The fraction of sp³-hybridized carbons (Fsp3) is 0.107. The van der Waals surface area contributed by atoms with E-state index >= 15 is 0 Å². The van der Waals surface area contributed by atoms with Crippen molar-refractivity contribution < 1.29 is 4.39 Å². The fourth-order valence-corrected chi connectivity index (χ4v) is 3.98. The molecule has 1 aromatic carbocycles. The number of aromatic nitrogens is 5. The molecule has 0 saturated carbocycles. The summed E-state index contributed by atoms with van der Waals surface area (Å²) in [6.45, 7) is 13.5. The van der Waals surface area contributed by atoms with E-state index in [1.807, 2.05) is 57.2 Å². The van der Waals surface area contributed by atoms with Gasteiger partial charge in [-0.1, -0.05) is 55.7 Å². The zero-order chi connectivity index (χ0) is 24.2. The van der Waals surface area contributed by atoms with Crippen molar-refractivity contribution >= 4 is 22.2 Å². The maximum atomic E-state index is 13.9. The number of pyridine rings is 1. The van der Waals surface area contributed by atoms with E-state index in [9.17, 15) is 4.39 Å². The second kappa shape index (κ2) is 9.67. The van der Waals surface area contributed by atoms with Crippen LogP contribution in [-0.2, 0) is 0 Å². The standard InChI is InChI=1S/C28H26FN5/c1-6-10-17(4)21(8-3)23-14-15-24-26(31-23)27(34-33-24)28-30-18(5)25(32-28)22(11-7-2)19-12-9-13-20(29)16-19/h6-16H,1-2H2,3-5H3,(H,30,32)(H,33,34)/b17-10-,21-8+,22-11-. The minimum Gasteiger partial charge on any atom is -0.340 e. The molecule has 0 bridgehead atoms. The summed E-state index contributed by atoms with van der Waals surface area (Å²) >= 11 is 0. The average molecular weight is 452 g/mol. The van der Waals surface area contributed by atoms with Crippen molar-refractivity contribution in [1.29, 1.82) is 0 Å². The highest BCUT2D eigenvalue weighted by molar-refractivity contribution is 5.91. The Bertz CT molecular complexity index is 1480. The number of halogens is 1. The van der Waals surface area contributed by atoms with Crippen molar-refractivity contribution in [3.05, 3.63) is 114 Å². The summed E-state index contributed by atoms with van der Waals surface area (Å²) in [4.78, 5) is 13.1. The molecule has 2 N–H and O–H groups in total. The predicted octanol–water partition coefficient (Wildman–Crippen LogP) is 6.95. The molecule has 0 radical (unpaired) electrons. The quantitative estimate of drug-likeness (QED) is 0.299. The van der Waals surface area contributed by atoms with Gasteiger partial charge >= 0.3 is 0 Å². The van der Waals surface area contributed by atoms with Crippen LogP contribution >= 0.6 is 0 Å². The van der Waals surface area contributed by atoms with E-state index in [1.54, 1.807) is 18.2 Å². The lowest BCUT2D eigenvalue weighted by Gasteiger charge is -2.07. The Balaban J connectivity index is 1.83. The highest BCUT2D eigenvalue weighted by Gasteiger charge is 2.19. The van der Waals surface area contributed by atoms with Gasteiger partial charge in [0.25, 0.3) is 0 Å². The van der Waals surface area contributed by atoms with Crippen molar-refractivity contribution in [3.63, 3.8) is 0 Å². The van der Waals surface area contributed by atoms with Crippen LogP contribution in [0.4, 0.5) is 4.39 Å². The van der Waals surface area contributed by atoms with Crippen LogP contribution in [0.1, 0.15) is 36.5 Å². The summed E-state index contributed by atoms with van der Waals surface area (Å²) in [6, 6.07) is 10.4. The smallest absolute Gasteiger partial charge is 0.161 e. The van der Waals surface area contributed by atoms with Crippen molar-refractivity contribution in [2.75, 3.05) is 0 Å². The minimum absolute atomic E-state index is 0.309. The first-order valence-electron chi connectivity index (χ1n) is 10.9. The van der Waals surface area contributed by atoms with Crippen LogP contribution in [0.5, 0.6) is 0 Å². The Morgan fingerprint density at radius 2 is 1.85 bits per heavy atom. The molecule has 0 atom stereocenters. The zero-order valence-electron chi connectivity index (χ0n) is 19.5. The summed E-state index contributed by atoms with van der Waals surface area (Å²) in [7, 11) is 0.